The summed E-state index contributed by atoms with van der Waals surface area (Å²) in [5.41, 5.74) is -1.49. The average molecular weight is 456 g/mol. The van der Waals surface area contributed by atoms with Crippen LogP contribution in [0.5, 0.6) is 0 Å². The molecule has 0 radical (unpaired) electrons. The number of nitrogens with one attached hydrogen (secondary N) is 1. The number of ether oxygens (including phenoxy) is 3. The number of H-pyrrole nitrogens is 1. The van der Waals surface area contributed by atoms with E-state index in [0.29, 0.717) is 0 Å². The van der Waals surface area contributed by atoms with Gasteiger partial charge in [-0.1, -0.05) is 0 Å². The van der Waals surface area contributed by atoms with Crippen LogP contribution >= 0.6 is 22.6 Å². The lowest BCUT2D eigenvalue weighted by molar-refractivity contribution is -0.156. The Hall–Kier alpha value is -1.76. The molecule has 2 rings (SSSR count). The van der Waals surface area contributed by atoms with E-state index >= 15 is 0 Å². The van der Waals surface area contributed by atoms with Gasteiger partial charge in [-0.15, -0.1) is 0 Å². The summed E-state index contributed by atoms with van der Waals surface area (Å²) < 4.78 is 30.8. The molecule has 132 valence electrons. The van der Waals surface area contributed by atoms with E-state index in [9.17, 15) is 23.6 Å². The molecule has 0 amide bonds. The van der Waals surface area contributed by atoms with Crippen molar-refractivity contribution in [1.29, 1.82) is 0 Å². The molecule has 0 aliphatic carbocycles. The van der Waals surface area contributed by atoms with Crippen molar-refractivity contribution in [1.82, 2.24) is 9.55 Å². The summed E-state index contributed by atoms with van der Waals surface area (Å²) in [5.74, 6) is -1.36. The topological polar surface area (TPSA) is 117 Å². The molecule has 0 spiro atoms. The molecular weight excluding hydrogens is 442 g/mol. The predicted molar refractivity (Wildman–Crippen MR) is 85.0 cm³/mol. The second kappa shape index (κ2) is 7.42. The van der Waals surface area contributed by atoms with E-state index in [4.69, 9.17) is 14.2 Å². The van der Waals surface area contributed by atoms with Crippen molar-refractivity contribution in [3.8, 4) is 0 Å². The van der Waals surface area contributed by atoms with Crippen LogP contribution in [0.2, 0.25) is 0 Å². The van der Waals surface area contributed by atoms with Gasteiger partial charge in [0.15, 0.2) is 18.5 Å². The Morgan fingerprint density at radius 3 is 2.62 bits per heavy atom. The first-order chi connectivity index (χ1) is 11.2. The normalized spacial score (nSPS) is 26.2. The maximum absolute atomic E-state index is 14.7. The summed E-state index contributed by atoms with van der Waals surface area (Å²) in [6, 6.07) is 0. The molecule has 0 saturated carbocycles. The van der Waals surface area contributed by atoms with Gasteiger partial charge in [0.1, 0.15) is 12.7 Å². The summed E-state index contributed by atoms with van der Waals surface area (Å²) >= 11 is 1.68. The maximum Gasteiger partial charge on any atom is 0.330 e. The molecule has 9 nitrogen and oxygen atoms in total. The van der Waals surface area contributed by atoms with Gasteiger partial charge in [0, 0.05) is 20.0 Å². The van der Waals surface area contributed by atoms with E-state index in [2.05, 4.69) is 0 Å². The summed E-state index contributed by atoms with van der Waals surface area (Å²) in [6.07, 6.45) is -4.64. The molecule has 1 fully saturated rings. The van der Waals surface area contributed by atoms with E-state index < -0.39 is 47.8 Å². The fraction of sp³-hybridized carbons (Fsp3) is 0.538. The number of rotatable bonds is 4. The Morgan fingerprint density at radius 1 is 1.38 bits per heavy atom. The first-order valence-electron chi connectivity index (χ1n) is 6.81. The van der Waals surface area contributed by atoms with Gasteiger partial charge in [-0.25, -0.2) is 9.18 Å². The van der Waals surface area contributed by atoms with Crippen LogP contribution in [0.3, 0.4) is 0 Å². The van der Waals surface area contributed by atoms with Crippen LogP contribution in [0, 0.1) is 3.57 Å². The highest BCUT2D eigenvalue weighted by atomic mass is 127. The molecule has 0 bridgehead atoms. The second-order valence-electron chi connectivity index (χ2n) is 5.03. The molecule has 1 aliphatic heterocycles. The van der Waals surface area contributed by atoms with E-state index in [0.717, 1.165) is 24.6 Å². The number of carbonyl (C=O) groups is 2. The van der Waals surface area contributed by atoms with Crippen LogP contribution < -0.4 is 11.2 Å². The standard InChI is InChI=1S/C13H14FIN2O7/c1-5(18)22-4-8-10(23-6(2)19)9(14)12(24-8)17-3-7(15)11(20)16-13(17)21/h3,8-10,12H,4H2,1-2H3,(H,16,20,21)/t8-,9+,10?,12-/m1/s1. The van der Waals surface area contributed by atoms with E-state index in [1.807, 2.05) is 4.98 Å². The number of esters is 2. The van der Waals surface area contributed by atoms with Crippen LogP contribution in [0.1, 0.15) is 20.1 Å². The van der Waals surface area contributed by atoms with Gasteiger partial charge < -0.3 is 14.2 Å². The van der Waals surface area contributed by atoms with Crippen molar-refractivity contribution in [3.05, 3.63) is 30.6 Å². The van der Waals surface area contributed by atoms with Gasteiger partial charge in [-0.2, -0.15) is 0 Å². The minimum atomic E-state index is -1.89. The van der Waals surface area contributed by atoms with E-state index in [1.165, 1.54) is 0 Å². The largest absolute Gasteiger partial charge is 0.463 e. The van der Waals surface area contributed by atoms with Gasteiger partial charge in [0.25, 0.3) is 5.56 Å². The van der Waals surface area contributed by atoms with Gasteiger partial charge in [-0.05, 0) is 22.6 Å². The van der Waals surface area contributed by atoms with Crippen LogP contribution in [0.25, 0.3) is 0 Å². The lowest BCUT2D eigenvalue weighted by Crippen LogP contribution is -2.38. The third-order valence-corrected chi connectivity index (χ3v) is 3.99. The average Bonchev–Trinajstić information content (AvgIpc) is 2.77. The van der Waals surface area contributed by atoms with Crippen molar-refractivity contribution in [3.63, 3.8) is 0 Å². The third-order valence-electron chi connectivity index (χ3n) is 3.22. The van der Waals surface area contributed by atoms with Crippen molar-refractivity contribution < 1.29 is 28.2 Å². The van der Waals surface area contributed by atoms with Crippen LogP contribution in [0.15, 0.2) is 15.8 Å². The van der Waals surface area contributed by atoms with Crippen LogP contribution in [0.4, 0.5) is 4.39 Å². The molecule has 1 aromatic heterocycles. The fourth-order valence-corrected chi connectivity index (χ4v) is 2.67. The predicted octanol–water partition coefficient (Wildman–Crippen LogP) is -0.129. The number of halogens is 2. The van der Waals surface area contributed by atoms with Gasteiger partial charge >= 0.3 is 17.6 Å². The van der Waals surface area contributed by atoms with Crippen molar-refractivity contribution >= 4 is 34.5 Å². The molecule has 24 heavy (non-hydrogen) atoms. The highest BCUT2D eigenvalue weighted by Crippen LogP contribution is 2.33. The van der Waals surface area contributed by atoms with E-state index in [1.54, 1.807) is 22.6 Å². The molecule has 1 unspecified atom stereocenters. The number of carbonyl (C=O) groups excluding carboxylic acids is 2. The number of hydrogen-bond donors (Lipinski definition) is 1. The summed E-state index contributed by atoms with van der Waals surface area (Å²) in [4.78, 5) is 47.4. The smallest absolute Gasteiger partial charge is 0.330 e. The number of nitrogens with zero attached hydrogens (tertiary/aromatic N) is 1. The Bertz CT molecular complexity index is 761. The molecule has 1 N–H and O–H groups in total. The molecule has 11 heteroatoms. The first-order valence-corrected chi connectivity index (χ1v) is 7.89. The number of hydrogen-bond acceptors (Lipinski definition) is 7. The Kier molecular flexibility index (Phi) is 5.74. The molecule has 4 atom stereocenters. The van der Waals surface area contributed by atoms with Gasteiger partial charge in [0.05, 0.1) is 3.57 Å². The number of aromatic nitrogens is 2. The zero-order valence-corrected chi connectivity index (χ0v) is 14.8. The Balaban J connectivity index is 2.33. The van der Waals surface area contributed by atoms with Crippen molar-refractivity contribution in [2.45, 2.75) is 38.5 Å². The molecule has 1 aliphatic rings. The summed E-state index contributed by atoms with van der Waals surface area (Å²) in [6.45, 7) is 1.91. The molecule has 2 heterocycles. The van der Waals surface area contributed by atoms with Gasteiger partial charge in [-0.3, -0.25) is 23.9 Å². The molecule has 1 saturated heterocycles. The first kappa shape index (κ1) is 18.6. The van der Waals surface area contributed by atoms with Crippen molar-refractivity contribution in [2.75, 3.05) is 6.61 Å². The fourth-order valence-electron chi connectivity index (χ4n) is 2.23. The zero-order valence-electron chi connectivity index (χ0n) is 12.7. The number of aromatic amines is 1. The highest BCUT2D eigenvalue weighted by Gasteiger charge is 2.49. The Morgan fingerprint density at radius 2 is 2.04 bits per heavy atom. The number of alkyl halides is 1. The Labute approximate surface area is 148 Å². The van der Waals surface area contributed by atoms with Crippen LogP contribution in [-0.4, -0.2) is 46.5 Å². The van der Waals surface area contributed by atoms with Crippen LogP contribution in [-0.2, 0) is 23.8 Å². The van der Waals surface area contributed by atoms with E-state index in [-0.39, 0.29) is 10.2 Å². The molecule has 0 aromatic carbocycles. The third kappa shape index (κ3) is 4.01. The maximum atomic E-state index is 14.7. The lowest BCUT2D eigenvalue weighted by Gasteiger charge is -2.18. The minimum Gasteiger partial charge on any atom is -0.463 e. The second-order valence-corrected chi connectivity index (χ2v) is 6.19. The molecule has 1 aromatic rings. The summed E-state index contributed by atoms with van der Waals surface area (Å²) in [7, 11) is 0. The minimum absolute atomic E-state index is 0.149. The summed E-state index contributed by atoms with van der Waals surface area (Å²) in [5, 5.41) is 0. The highest BCUT2D eigenvalue weighted by molar-refractivity contribution is 14.1. The monoisotopic (exact) mass is 456 g/mol. The molecular formula is C13H14FIN2O7. The zero-order chi connectivity index (χ0) is 18.0. The quantitative estimate of drug-likeness (QED) is 0.496. The SMILES string of the molecule is CC(=O)OC[C@H]1O[C@@H](n2cc(I)c(=O)[nH]c2=O)[C@@H](F)C1OC(C)=O. The van der Waals surface area contributed by atoms with Gasteiger partial charge in [0.2, 0.25) is 0 Å². The lowest BCUT2D eigenvalue weighted by atomic mass is 10.1. The van der Waals surface area contributed by atoms with Crippen molar-refractivity contribution in [2.24, 2.45) is 0 Å².